The zero-order valence-corrected chi connectivity index (χ0v) is 25.6. The van der Waals surface area contributed by atoms with Crippen molar-refractivity contribution in [2.24, 2.45) is 5.73 Å². The molecule has 0 saturated heterocycles. The molecule has 2 atom stereocenters. The van der Waals surface area contributed by atoms with Gasteiger partial charge in [-0.2, -0.15) is 22.7 Å². The van der Waals surface area contributed by atoms with Gasteiger partial charge >= 0.3 is 18.1 Å². The number of carbonyl (C=O) groups excluding carboxylic acids is 3. The molecule has 0 bridgehead atoms. The summed E-state index contributed by atoms with van der Waals surface area (Å²) in [5.41, 5.74) is 6.26. The maximum absolute atomic E-state index is 14.3. The number of nitriles is 1. The van der Waals surface area contributed by atoms with Crippen molar-refractivity contribution in [1.29, 1.82) is 5.26 Å². The number of esters is 1. The van der Waals surface area contributed by atoms with Crippen LogP contribution in [-0.2, 0) is 48.5 Å². The summed E-state index contributed by atoms with van der Waals surface area (Å²) >= 11 is 0. The molecular formula is C31H33F3N4O6S. The third kappa shape index (κ3) is 6.66. The summed E-state index contributed by atoms with van der Waals surface area (Å²) in [6.07, 6.45) is -3.42. The molecule has 240 valence electrons. The number of amides is 1. The van der Waals surface area contributed by atoms with E-state index in [0.717, 1.165) is 4.31 Å². The van der Waals surface area contributed by atoms with Crippen molar-refractivity contribution >= 4 is 27.7 Å². The summed E-state index contributed by atoms with van der Waals surface area (Å²) in [4.78, 5) is 40.2. The van der Waals surface area contributed by atoms with E-state index in [0.29, 0.717) is 33.6 Å². The Hall–Kier alpha value is -4.06. The highest BCUT2D eigenvalue weighted by Crippen LogP contribution is 2.38. The molecule has 2 N–H and O–H groups in total. The molecule has 2 heterocycles. The Morgan fingerprint density at radius 2 is 1.87 bits per heavy atom. The average molecular weight is 647 g/mol. The number of benzene rings is 2. The highest BCUT2D eigenvalue weighted by Gasteiger charge is 2.59. The molecule has 1 amide bonds. The molecule has 0 fully saturated rings. The summed E-state index contributed by atoms with van der Waals surface area (Å²) in [5.74, 6) is -4.03. The van der Waals surface area contributed by atoms with Crippen LogP contribution in [0.3, 0.4) is 0 Å². The molecule has 0 aromatic heterocycles. The normalized spacial score (nSPS) is 19.6. The summed E-state index contributed by atoms with van der Waals surface area (Å²) in [7, 11) is -4.68. The van der Waals surface area contributed by atoms with Crippen LogP contribution in [0.2, 0.25) is 0 Å². The summed E-state index contributed by atoms with van der Waals surface area (Å²) in [5, 5.41) is 9.26. The van der Waals surface area contributed by atoms with Gasteiger partial charge in [-0.25, -0.2) is 13.2 Å². The number of nitrogens with zero attached hydrogens (tertiary/aromatic N) is 3. The first-order valence-corrected chi connectivity index (χ1v) is 15.8. The van der Waals surface area contributed by atoms with Gasteiger partial charge in [-0.1, -0.05) is 36.8 Å². The van der Waals surface area contributed by atoms with Crippen LogP contribution in [0.5, 0.6) is 0 Å². The van der Waals surface area contributed by atoms with Crippen LogP contribution in [0.25, 0.3) is 0 Å². The monoisotopic (exact) mass is 646 g/mol. The maximum Gasteiger partial charge on any atom is 0.471 e. The van der Waals surface area contributed by atoms with E-state index in [1.165, 1.54) is 31.2 Å². The second-order valence-electron chi connectivity index (χ2n) is 10.9. The molecule has 2 aromatic carbocycles. The number of ketones is 1. The van der Waals surface area contributed by atoms with E-state index >= 15 is 0 Å². The fourth-order valence-corrected chi connectivity index (χ4v) is 7.46. The molecule has 0 unspecified atom stereocenters. The van der Waals surface area contributed by atoms with Crippen molar-refractivity contribution in [2.45, 2.75) is 68.7 Å². The fourth-order valence-electron chi connectivity index (χ4n) is 5.76. The Kier molecular flexibility index (Phi) is 9.86. The minimum atomic E-state index is -5.09. The Morgan fingerprint density at radius 1 is 1.13 bits per heavy atom. The fraction of sp³-hybridized carbons (Fsp3) is 0.419. The van der Waals surface area contributed by atoms with Crippen LogP contribution in [-0.4, -0.2) is 72.7 Å². The number of nitrogens with two attached hydrogens (primary N) is 1. The standard InChI is InChI=1S/C31H33F3N4O6S/c1-3-20-10-13-38(45(42,43)25-9-8-23-11-12-37(19-24(23)16-25)28(40)31(32,33)34)30(17-20,29(41)44-4-2)27(39)26(36)15-21-6-5-7-22(14-21)18-35/h5-10,14,16,26H,3-4,11-13,15,17,19,36H2,1-2H3/t26-,30+/m1/s1. The number of carbonyl (C=O) groups is 3. The molecule has 0 aliphatic carbocycles. The van der Waals surface area contributed by atoms with Crippen LogP contribution in [0.15, 0.2) is 59.0 Å². The molecule has 0 saturated carbocycles. The van der Waals surface area contributed by atoms with Gasteiger partial charge in [0.25, 0.3) is 0 Å². The van der Waals surface area contributed by atoms with Crippen LogP contribution in [0, 0.1) is 11.3 Å². The van der Waals surface area contributed by atoms with Crippen LogP contribution in [0.1, 0.15) is 48.9 Å². The molecule has 2 aliphatic heterocycles. The highest BCUT2D eigenvalue weighted by atomic mass is 32.2. The van der Waals surface area contributed by atoms with Gasteiger partial charge in [0.1, 0.15) is 0 Å². The number of hydrogen-bond acceptors (Lipinski definition) is 8. The van der Waals surface area contributed by atoms with Crippen molar-refractivity contribution in [3.05, 3.63) is 76.4 Å². The first-order chi connectivity index (χ1) is 21.2. The lowest BCUT2D eigenvalue weighted by Gasteiger charge is -2.43. The van der Waals surface area contributed by atoms with Gasteiger partial charge in [0.05, 0.1) is 29.2 Å². The molecular weight excluding hydrogens is 613 g/mol. The number of halogens is 3. The first-order valence-electron chi connectivity index (χ1n) is 14.3. The number of ether oxygens (including phenoxy) is 1. The number of alkyl halides is 3. The molecule has 2 aromatic rings. The molecule has 0 radical (unpaired) electrons. The zero-order chi connectivity index (χ0) is 33.2. The van der Waals surface area contributed by atoms with E-state index in [2.05, 4.69) is 0 Å². The number of hydrogen-bond donors (Lipinski definition) is 1. The van der Waals surface area contributed by atoms with Gasteiger partial charge < -0.3 is 15.4 Å². The summed E-state index contributed by atoms with van der Waals surface area (Å²) < 4.78 is 74.1. The second-order valence-corrected chi connectivity index (χ2v) is 12.8. The van der Waals surface area contributed by atoms with Crippen molar-refractivity contribution in [3.63, 3.8) is 0 Å². The smallest absolute Gasteiger partial charge is 0.464 e. The maximum atomic E-state index is 14.3. The highest BCUT2D eigenvalue weighted by molar-refractivity contribution is 7.89. The lowest BCUT2D eigenvalue weighted by molar-refractivity contribution is -0.186. The van der Waals surface area contributed by atoms with Crippen LogP contribution >= 0.6 is 0 Å². The van der Waals surface area contributed by atoms with E-state index < -0.39 is 52.0 Å². The molecule has 0 spiro atoms. The van der Waals surface area contributed by atoms with Gasteiger partial charge in [0.2, 0.25) is 10.0 Å². The minimum Gasteiger partial charge on any atom is -0.464 e. The largest absolute Gasteiger partial charge is 0.471 e. The molecule has 45 heavy (non-hydrogen) atoms. The van der Waals surface area contributed by atoms with Crippen molar-refractivity contribution in [3.8, 4) is 6.07 Å². The molecule has 4 rings (SSSR count). The van der Waals surface area contributed by atoms with E-state index in [1.54, 1.807) is 31.2 Å². The van der Waals surface area contributed by atoms with Gasteiger partial charge in [-0.3, -0.25) is 9.59 Å². The number of fused-ring (bicyclic) bond motifs is 1. The topological polar surface area (TPSA) is 151 Å². The summed E-state index contributed by atoms with van der Waals surface area (Å²) in [6, 6.07) is 10.9. The number of sulfonamides is 1. The Morgan fingerprint density at radius 3 is 2.51 bits per heavy atom. The first kappa shape index (κ1) is 33.8. The lowest BCUT2D eigenvalue weighted by Crippen LogP contribution is -2.67. The summed E-state index contributed by atoms with van der Waals surface area (Å²) in [6.45, 7) is 2.12. The molecule has 14 heteroatoms. The van der Waals surface area contributed by atoms with Crippen LogP contribution < -0.4 is 5.73 Å². The van der Waals surface area contributed by atoms with Gasteiger partial charge in [0.15, 0.2) is 11.3 Å². The van der Waals surface area contributed by atoms with Gasteiger partial charge in [0, 0.05) is 26.1 Å². The number of Topliss-reactive ketones (excluding diaryl/α,β-unsaturated/α-hetero) is 1. The quantitative estimate of drug-likeness (QED) is 0.248. The number of rotatable bonds is 9. The predicted octanol–water partition coefficient (Wildman–Crippen LogP) is 3.18. The Balaban J connectivity index is 1.79. The zero-order valence-electron chi connectivity index (χ0n) is 24.8. The lowest BCUT2D eigenvalue weighted by atomic mass is 9.79. The van der Waals surface area contributed by atoms with E-state index in [1.807, 2.05) is 6.07 Å². The van der Waals surface area contributed by atoms with Gasteiger partial charge in [-0.05, 0) is 67.1 Å². The molecule has 10 nitrogen and oxygen atoms in total. The van der Waals surface area contributed by atoms with E-state index in [4.69, 9.17) is 10.5 Å². The average Bonchev–Trinajstić information content (AvgIpc) is 3.02. The third-order valence-electron chi connectivity index (χ3n) is 8.09. The van der Waals surface area contributed by atoms with Crippen molar-refractivity contribution in [2.75, 3.05) is 19.7 Å². The van der Waals surface area contributed by atoms with E-state index in [-0.39, 0.29) is 49.4 Å². The van der Waals surface area contributed by atoms with Crippen molar-refractivity contribution in [1.82, 2.24) is 9.21 Å². The minimum absolute atomic E-state index is 0.0803. The van der Waals surface area contributed by atoms with E-state index in [9.17, 15) is 41.2 Å². The third-order valence-corrected chi connectivity index (χ3v) is 9.98. The Labute approximate surface area is 259 Å². The SMILES string of the molecule is CCOC(=O)[C@@]1(C(=O)[C@H](N)Cc2cccc(C#N)c2)CC(CC)=CCN1S(=O)(=O)c1ccc2c(c1)CN(C(=O)C(F)(F)F)CC2. The van der Waals surface area contributed by atoms with Crippen LogP contribution in [0.4, 0.5) is 13.2 Å². The molecule has 2 aliphatic rings. The van der Waals surface area contributed by atoms with Gasteiger partial charge in [-0.15, -0.1) is 0 Å². The predicted molar refractivity (Wildman–Crippen MR) is 156 cm³/mol. The second kappa shape index (κ2) is 13.1. The Bertz CT molecular complexity index is 1680. The van der Waals surface area contributed by atoms with Crippen molar-refractivity contribution < 1.29 is 40.7 Å².